The summed E-state index contributed by atoms with van der Waals surface area (Å²) in [5.74, 6) is 0.393. The Hall–Kier alpha value is -3.62. The summed E-state index contributed by atoms with van der Waals surface area (Å²) in [6.45, 7) is 3.42. The van der Waals surface area contributed by atoms with Crippen molar-refractivity contribution in [2.75, 3.05) is 25.1 Å². The van der Waals surface area contributed by atoms with E-state index in [1.807, 2.05) is 49.4 Å². The molecule has 1 aromatic heterocycles. The van der Waals surface area contributed by atoms with Gasteiger partial charge in [-0.25, -0.2) is 0 Å². The van der Waals surface area contributed by atoms with E-state index in [0.29, 0.717) is 24.7 Å². The van der Waals surface area contributed by atoms with Gasteiger partial charge in [-0.1, -0.05) is 30.3 Å². The van der Waals surface area contributed by atoms with Gasteiger partial charge in [-0.3, -0.25) is 9.59 Å². The first-order valence-corrected chi connectivity index (χ1v) is 13.2. The highest BCUT2D eigenvalue weighted by Crippen LogP contribution is 2.45. The lowest BCUT2D eigenvalue weighted by molar-refractivity contribution is -0.183. The first-order chi connectivity index (χ1) is 18.4. The predicted molar refractivity (Wildman–Crippen MR) is 143 cm³/mol. The van der Waals surface area contributed by atoms with Crippen LogP contribution in [0.25, 0.3) is 11.3 Å². The van der Waals surface area contributed by atoms with Gasteiger partial charge in [-0.2, -0.15) is 0 Å². The molecule has 2 fully saturated rings. The molecule has 0 radical (unpaired) electrons. The molecule has 3 aromatic rings. The average Bonchev–Trinajstić information content (AvgIpc) is 3.55. The standard InChI is InChI=1S/C30H34N2O6/c1-20-25(19-26(38-20)21-5-3-2-4-6-21)28(22-11-14-30(15-12-22)36-17-18-37-30)32-24-9-7-23(8-10-24)29(35)31-16-13-27(33)34/h2-10,19,22,28,32H,11-18H2,1H3,(H,31,35)(H,33,34). The van der Waals surface area contributed by atoms with Crippen LogP contribution in [0.1, 0.15) is 59.8 Å². The minimum Gasteiger partial charge on any atom is -0.481 e. The highest BCUT2D eigenvalue weighted by Gasteiger charge is 2.42. The summed E-state index contributed by atoms with van der Waals surface area (Å²) in [4.78, 5) is 23.1. The van der Waals surface area contributed by atoms with E-state index in [0.717, 1.165) is 54.0 Å². The number of carbonyl (C=O) groups is 2. The summed E-state index contributed by atoms with van der Waals surface area (Å²) >= 11 is 0. The maximum Gasteiger partial charge on any atom is 0.305 e. The largest absolute Gasteiger partial charge is 0.481 e. The number of carboxylic acids is 1. The number of carboxylic acid groups (broad SMARTS) is 1. The van der Waals surface area contributed by atoms with Crippen molar-refractivity contribution in [2.45, 2.75) is 50.9 Å². The smallest absolute Gasteiger partial charge is 0.305 e. The van der Waals surface area contributed by atoms with E-state index in [2.05, 4.69) is 16.7 Å². The highest BCUT2D eigenvalue weighted by atomic mass is 16.7. The van der Waals surface area contributed by atoms with Gasteiger partial charge >= 0.3 is 5.97 Å². The lowest BCUT2D eigenvalue weighted by Crippen LogP contribution is -2.37. The lowest BCUT2D eigenvalue weighted by Gasteiger charge is -2.39. The van der Waals surface area contributed by atoms with Crippen LogP contribution in [0.3, 0.4) is 0 Å². The summed E-state index contributed by atoms with van der Waals surface area (Å²) in [7, 11) is 0. The lowest BCUT2D eigenvalue weighted by atomic mass is 9.78. The van der Waals surface area contributed by atoms with Crippen molar-refractivity contribution in [1.29, 1.82) is 0 Å². The quantitative estimate of drug-likeness (QED) is 0.341. The zero-order valence-corrected chi connectivity index (χ0v) is 21.6. The SMILES string of the molecule is Cc1oc(-c2ccccc2)cc1C(Nc1ccc(C(=O)NCCC(=O)O)cc1)C1CCC2(CC1)OCCO2. The number of ether oxygens (including phenoxy) is 2. The van der Waals surface area contributed by atoms with Crippen LogP contribution in [-0.4, -0.2) is 42.5 Å². The van der Waals surface area contributed by atoms with Crippen LogP contribution >= 0.6 is 0 Å². The van der Waals surface area contributed by atoms with E-state index in [9.17, 15) is 9.59 Å². The third-order valence-electron chi connectivity index (χ3n) is 7.52. The van der Waals surface area contributed by atoms with Gasteiger partial charge in [0.2, 0.25) is 0 Å². The summed E-state index contributed by atoms with van der Waals surface area (Å²) < 4.78 is 18.2. The zero-order chi connectivity index (χ0) is 26.5. The molecule has 8 heteroatoms. The first kappa shape index (κ1) is 26.0. The van der Waals surface area contributed by atoms with E-state index in [4.69, 9.17) is 19.0 Å². The molecule has 1 saturated carbocycles. The molecular weight excluding hydrogens is 484 g/mol. The number of carbonyl (C=O) groups excluding carboxylic acids is 1. The van der Waals surface area contributed by atoms with Gasteiger partial charge in [0.25, 0.3) is 5.91 Å². The predicted octanol–water partition coefficient (Wildman–Crippen LogP) is 5.55. The van der Waals surface area contributed by atoms with Gasteiger partial charge < -0.3 is 29.6 Å². The summed E-state index contributed by atoms with van der Waals surface area (Å²) in [6, 6.07) is 19.5. The Kier molecular flexibility index (Phi) is 7.81. The molecule has 5 rings (SSSR count). The topological polar surface area (TPSA) is 110 Å². The fourth-order valence-corrected chi connectivity index (χ4v) is 5.48. The van der Waals surface area contributed by atoms with Crippen LogP contribution in [0.15, 0.2) is 65.1 Å². The molecular formula is C30H34N2O6. The van der Waals surface area contributed by atoms with E-state index in [-0.39, 0.29) is 24.9 Å². The number of nitrogens with one attached hydrogen (secondary N) is 2. The molecule has 1 aliphatic heterocycles. The van der Waals surface area contributed by atoms with Crippen molar-refractivity contribution in [3.05, 3.63) is 77.6 Å². The number of amides is 1. The molecule has 1 saturated heterocycles. The van der Waals surface area contributed by atoms with E-state index in [1.54, 1.807) is 12.1 Å². The molecule has 1 aliphatic carbocycles. The zero-order valence-electron chi connectivity index (χ0n) is 21.6. The van der Waals surface area contributed by atoms with Crippen molar-refractivity contribution in [3.8, 4) is 11.3 Å². The fraction of sp³-hybridized carbons (Fsp3) is 0.400. The maximum absolute atomic E-state index is 12.4. The van der Waals surface area contributed by atoms with Crippen molar-refractivity contribution in [2.24, 2.45) is 5.92 Å². The van der Waals surface area contributed by atoms with E-state index in [1.165, 1.54) is 0 Å². The molecule has 200 valence electrons. The van der Waals surface area contributed by atoms with Gasteiger partial charge in [0.1, 0.15) is 11.5 Å². The fourth-order valence-electron chi connectivity index (χ4n) is 5.48. The minimum atomic E-state index is -0.944. The van der Waals surface area contributed by atoms with Crippen LogP contribution in [-0.2, 0) is 14.3 Å². The third kappa shape index (κ3) is 5.92. The van der Waals surface area contributed by atoms with Crippen molar-refractivity contribution in [3.63, 3.8) is 0 Å². The average molecular weight is 519 g/mol. The number of aryl methyl sites for hydroxylation is 1. The van der Waals surface area contributed by atoms with Crippen molar-refractivity contribution in [1.82, 2.24) is 5.32 Å². The first-order valence-electron chi connectivity index (χ1n) is 13.2. The second kappa shape index (κ2) is 11.4. The Morgan fingerprint density at radius 2 is 1.71 bits per heavy atom. The van der Waals surface area contributed by atoms with E-state index < -0.39 is 11.8 Å². The number of aliphatic carboxylic acids is 1. The van der Waals surface area contributed by atoms with Gasteiger partial charge in [0.05, 0.1) is 25.7 Å². The van der Waals surface area contributed by atoms with Gasteiger partial charge in [0, 0.05) is 41.8 Å². The highest BCUT2D eigenvalue weighted by molar-refractivity contribution is 5.94. The summed E-state index contributed by atoms with van der Waals surface area (Å²) in [6.07, 6.45) is 3.50. The summed E-state index contributed by atoms with van der Waals surface area (Å²) in [5.41, 5.74) is 3.54. The Labute approximate surface area is 222 Å². The molecule has 1 atom stereocenters. The monoisotopic (exact) mass is 518 g/mol. The minimum absolute atomic E-state index is 0.00482. The van der Waals surface area contributed by atoms with Crippen molar-refractivity contribution >= 4 is 17.6 Å². The molecule has 2 aromatic carbocycles. The number of hydrogen-bond acceptors (Lipinski definition) is 6. The number of hydrogen-bond donors (Lipinski definition) is 3. The number of furan rings is 1. The summed E-state index contributed by atoms with van der Waals surface area (Å²) in [5, 5.41) is 15.1. The Balaban J connectivity index is 1.35. The molecule has 0 bridgehead atoms. The molecule has 2 heterocycles. The third-order valence-corrected chi connectivity index (χ3v) is 7.52. The number of anilines is 1. The molecule has 3 N–H and O–H groups in total. The van der Waals surface area contributed by atoms with Crippen LogP contribution in [0.5, 0.6) is 0 Å². The van der Waals surface area contributed by atoms with Crippen LogP contribution in [0.2, 0.25) is 0 Å². The van der Waals surface area contributed by atoms with Gasteiger partial charge in [-0.15, -0.1) is 0 Å². The molecule has 38 heavy (non-hydrogen) atoms. The molecule has 1 unspecified atom stereocenters. The Bertz CT molecular complexity index is 1240. The molecule has 8 nitrogen and oxygen atoms in total. The van der Waals surface area contributed by atoms with Gasteiger partial charge in [-0.05, 0) is 56.0 Å². The maximum atomic E-state index is 12.4. The van der Waals surface area contributed by atoms with Gasteiger partial charge in [0.15, 0.2) is 5.79 Å². The Morgan fingerprint density at radius 3 is 2.37 bits per heavy atom. The van der Waals surface area contributed by atoms with Crippen LogP contribution in [0.4, 0.5) is 5.69 Å². The normalized spacial score (nSPS) is 17.8. The second-order valence-electron chi connectivity index (χ2n) is 10.0. The van der Waals surface area contributed by atoms with Crippen LogP contribution in [0, 0.1) is 12.8 Å². The number of benzene rings is 2. The van der Waals surface area contributed by atoms with Crippen LogP contribution < -0.4 is 10.6 Å². The Morgan fingerprint density at radius 1 is 1.03 bits per heavy atom. The molecule has 1 amide bonds. The molecule has 1 spiro atoms. The second-order valence-corrected chi connectivity index (χ2v) is 10.0. The number of rotatable bonds is 9. The molecule has 2 aliphatic rings. The van der Waals surface area contributed by atoms with Crippen molar-refractivity contribution < 1.29 is 28.6 Å². The van der Waals surface area contributed by atoms with E-state index >= 15 is 0 Å².